The van der Waals surface area contributed by atoms with Crippen molar-refractivity contribution in [3.63, 3.8) is 0 Å². The summed E-state index contributed by atoms with van der Waals surface area (Å²) in [5.41, 5.74) is 7.28. The van der Waals surface area contributed by atoms with Crippen molar-refractivity contribution in [1.29, 1.82) is 0 Å². The number of benzene rings is 1. The number of hydrogen-bond donors (Lipinski definition) is 2. The second-order valence-corrected chi connectivity index (χ2v) is 4.41. The molecular formula is C13H19N3O2. The van der Waals surface area contributed by atoms with Gasteiger partial charge in [0.15, 0.2) is 0 Å². The van der Waals surface area contributed by atoms with Crippen LogP contribution >= 0.6 is 0 Å². The smallest absolute Gasteiger partial charge is 0.239 e. The van der Waals surface area contributed by atoms with Gasteiger partial charge in [-0.15, -0.1) is 0 Å². The van der Waals surface area contributed by atoms with Crippen LogP contribution in [0.3, 0.4) is 0 Å². The Kier molecular flexibility index (Phi) is 4.04. The number of ether oxygens (including phenoxy) is 1. The molecule has 18 heavy (non-hydrogen) atoms. The summed E-state index contributed by atoms with van der Waals surface area (Å²) in [4.78, 5) is 13.2. The summed E-state index contributed by atoms with van der Waals surface area (Å²) in [7, 11) is 0. The molecule has 1 unspecified atom stereocenters. The van der Waals surface area contributed by atoms with Crippen molar-refractivity contribution in [2.24, 2.45) is 5.73 Å². The number of nitrogens with two attached hydrogens (primary N) is 1. The number of morpholine rings is 1. The maximum Gasteiger partial charge on any atom is 0.239 e. The molecule has 0 radical (unpaired) electrons. The van der Waals surface area contributed by atoms with Gasteiger partial charge < -0.3 is 20.7 Å². The highest BCUT2D eigenvalue weighted by Gasteiger charge is 2.11. The van der Waals surface area contributed by atoms with Crippen LogP contribution in [0.15, 0.2) is 24.3 Å². The predicted octanol–water partition coefficient (Wildman–Crippen LogP) is 0.809. The predicted molar refractivity (Wildman–Crippen MR) is 71.8 cm³/mol. The molecule has 1 amide bonds. The molecule has 1 heterocycles. The zero-order valence-electron chi connectivity index (χ0n) is 10.6. The van der Waals surface area contributed by atoms with Gasteiger partial charge in [0.25, 0.3) is 0 Å². The molecule has 1 aliphatic rings. The van der Waals surface area contributed by atoms with E-state index in [1.807, 2.05) is 24.3 Å². The SMILES string of the molecule is CC(Nc1ccc(N2CCOCC2)cc1)C(N)=O. The Balaban J connectivity index is 1.98. The fourth-order valence-corrected chi connectivity index (χ4v) is 1.91. The number of amides is 1. The van der Waals surface area contributed by atoms with E-state index >= 15 is 0 Å². The molecule has 1 fully saturated rings. The summed E-state index contributed by atoms with van der Waals surface area (Å²) >= 11 is 0. The van der Waals surface area contributed by atoms with Crippen LogP contribution in [-0.4, -0.2) is 38.3 Å². The van der Waals surface area contributed by atoms with Crippen LogP contribution in [0.5, 0.6) is 0 Å². The van der Waals surface area contributed by atoms with Crippen molar-refractivity contribution in [1.82, 2.24) is 0 Å². The third-order valence-corrected chi connectivity index (χ3v) is 3.05. The standard InChI is InChI=1S/C13H19N3O2/c1-10(13(14)17)15-11-2-4-12(5-3-11)16-6-8-18-9-7-16/h2-5,10,15H,6-9H2,1H3,(H2,14,17). The van der Waals surface area contributed by atoms with E-state index in [9.17, 15) is 4.79 Å². The van der Waals surface area contributed by atoms with E-state index in [1.165, 1.54) is 5.69 Å². The summed E-state index contributed by atoms with van der Waals surface area (Å²) in [5.74, 6) is -0.354. The normalized spacial score (nSPS) is 17.3. The fourth-order valence-electron chi connectivity index (χ4n) is 1.91. The summed E-state index contributed by atoms with van der Waals surface area (Å²) in [5, 5.41) is 3.05. The first-order valence-electron chi connectivity index (χ1n) is 6.15. The third-order valence-electron chi connectivity index (χ3n) is 3.05. The molecule has 5 nitrogen and oxygen atoms in total. The number of primary amides is 1. The Hall–Kier alpha value is -1.75. The molecule has 1 aliphatic heterocycles. The molecule has 0 saturated carbocycles. The fraction of sp³-hybridized carbons (Fsp3) is 0.462. The lowest BCUT2D eigenvalue weighted by Gasteiger charge is -2.29. The highest BCUT2D eigenvalue weighted by molar-refractivity contribution is 5.82. The summed E-state index contributed by atoms with van der Waals surface area (Å²) in [6, 6.07) is 7.65. The Morgan fingerprint density at radius 2 is 1.94 bits per heavy atom. The lowest BCUT2D eigenvalue weighted by molar-refractivity contribution is -0.118. The van der Waals surface area contributed by atoms with Crippen LogP contribution in [-0.2, 0) is 9.53 Å². The molecule has 1 atom stereocenters. The Bertz CT molecular complexity index is 399. The van der Waals surface area contributed by atoms with E-state index in [1.54, 1.807) is 6.92 Å². The maximum atomic E-state index is 11.0. The van der Waals surface area contributed by atoms with Crippen LogP contribution in [0.2, 0.25) is 0 Å². The molecular weight excluding hydrogens is 230 g/mol. The number of nitrogens with one attached hydrogen (secondary N) is 1. The average Bonchev–Trinajstić information content (AvgIpc) is 2.40. The highest BCUT2D eigenvalue weighted by atomic mass is 16.5. The number of carbonyl (C=O) groups is 1. The summed E-state index contributed by atoms with van der Waals surface area (Å²) in [6.07, 6.45) is 0. The lowest BCUT2D eigenvalue weighted by Crippen LogP contribution is -2.36. The van der Waals surface area contributed by atoms with Gasteiger partial charge in [-0.25, -0.2) is 0 Å². The summed E-state index contributed by atoms with van der Waals surface area (Å²) < 4.78 is 5.32. The van der Waals surface area contributed by atoms with Crippen LogP contribution in [0.25, 0.3) is 0 Å². The van der Waals surface area contributed by atoms with Crippen molar-refractivity contribution < 1.29 is 9.53 Å². The van der Waals surface area contributed by atoms with Gasteiger partial charge in [-0.05, 0) is 31.2 Å². The topological polar surface area (TPSA) is 67.6 Å². The van der Waals surface area contributed by atoms with E-state index in [2.05, 4.69) is 10.2 Å². The Morgan fingerprint density at radius 1 is 1.33 bits per heavy atom. The minimum Gasteiger partial charge on any atom is -0.378 e. The minimum absolute atomic E-state index is 0.354. The third kappa shape index (κ3) is 3.13. The van der Waals surface area contributed by atoms with Gasteiger partial charge in [0.2, 0.25) is 5.91 Å². The van der Waals surface area contributed by atoms with Crippen LogP contribution in [0, 0.1) is 0 Å². The number of hydrogen-bond acceptors (Lipinski definition) is 4. The quantitative estimate of drug-likeness (QED) is 0.828. The van der Waals surface area contributed by atoms with E-state index in [4.69, 9.17) is 10.5 Å². The Labute approximate surface area is 107 Å². The maximum absolute atomic E-state index is 11.0. The second-order valence-electron chi connectivity index (χ2n) is 4.41. The first-order chi connectivity index (χ1) is 8.66. The first kappa shape index (κ1) is 12.7. The number of rotatable bonds is 4. The highest BCUT2D eigenvalue weighted by Crippen LogP contribution is 2.19. The van der Waals surface area contributed by atoms with Gasteiger partial charge in [-0.1, -0.05) is 0 Å². The number of anilines is 2. The molecule has 0 spiro atoms. The van der Waals surface area contributed by atoms with Crippen LogP contribution in [0.4, 0.5) is 11.4 Å². The number of carbonyl (C=O) groups excluding carboxylic acids is 1. The average molecular weight is 249 g/mol. The zero-order valence-corrected chi connectivity index (χ0v) is 10.6. The van der Waals surface area contributed by atoms with Crippen molar-refractivity contribution in [2.45, 2.75) is 13.0 Å². The summed E-state index contributed by atoms with van der Waals surface area (Å²) in [6.45, 7) is 5.14. The van der Waals surface area contributed by atoms with Crippen molar-refractivity contribution in [3.05, 3.63) is 24.3 Å². The van der Waals surface area contributed by atoms with Crippen LogP contribution in [0.1, 0.15) is 6.92 Å². The van der Waals surface area contributed by atoms with Gasteiger partial charge in [0, 0.05) is 24.5 Å². The molecule has 98 valence electrons. The molecule has 1 saturated heterocycles. The van der Waals surface area contributed by atoms with Gasteiger partial charge >= 0.3 is 0 Å². The molecule has 2 rings (SSSR count). The van der Waals surface area contributed by atoms with Crippen molar-refractivity contribution in [3.8, 4) is 0 Å². The zero-order chi connectivity index (χ0) is 13.0. The molecule has 0 aromatic heterocycles. The van der Waals surface area contributed by atoms with Crippen molar-refractivity contribution in [2.75, 3.05) is 36.5 Å². The van der Waals surface area contributed by atoms with E-state index < -0.39 is 0 Å². The second kappa shape index (κ2) is 5.73. The molecule has 5 heteroatoms. The molecule has 3 N–H and O–H groups in total. The van der Waals surface area contributed by atoms with Gasteiger partial charge in [-0.2, -0.15) is 0 Å². The first-order valence-corrected chi connectivity index (χ1v) is 6.15. The Morgan fingerprint density at radius 3 is 2.50 bits per heavy atom. The lowest BCUT2D eigenvalue weighted by atomic mass is 10.2. The van der Waals surface area contributed by atoms with Crippen LogP contribution < -0.4 is 16.0 Å². The molecule has 0 bridgehead atoms. The van der Waals surface area contributed by atoms with E-state index in [-0.39, 0.29) is 11.9 Å². The van der Waals surface area contributed by atoms with Gasteiger partial charge in [0.1, 0.15) is 6.04 Å². The van der Waals surface area contributed by atoms with E-state index in [0.29, 0.717) is 0 Å². The number of nitrogens with zero attached hydrogens (tertiary/aromatic N) is 1. The van der Waals surface area contributed by atoms with Gasteiger partial charge in [-0.3, -0.25) is 4.79 Å². The monoisotopic (exact) mass is 249 g/mol. The molecule has 0 aliphatic carbocycles. The van der Waals surface area contributed by atoms with Gasteiger partial charge in [0.05, 0.1) is 13.2 Å². The van der Waals surface area contributed by atoms with E-state index in [0.717, 1.165) is 32.0 Å². The molecule has 1 aromatic carbocycles. The van der Waals surface area contributed by atoms with Crippen molar-refractivity contribution >= 4 is 17.3 Å². The largest absolute Gasteiger partial charge is 0.378 e. The molecule has 1 aromatic rings. The minimum atomic E-state index is -0.362.